The molecule has 0 unspecified atom stereocenters. The minimum atomic E-state index is -0.276. The average molecular weight is 383 g/mol. The van der Waals surface area contributed by atoms with Gasteiger partial charge in [0.25, 0.3) is 11.5 Å². The fourth-order valence-corrected chi connectivity index (χ4v) is 3.42. The van der Waals surface area contributed by atoms with Gasteiger partial charge in [-0.15, -0.1) is 0 Å². The SMILES string of the molecule is CCCn1c(SCC(=O)NOCc2ccccc2)nc2ccccc2c1=O. The summed E-state index contributed by atoms with van der Waals surface area (Å²) in [5.74, 6) is -0.162. The Labute approximate surface area is 161 Å². The zero-order valence-corrected chi connectivity index (χ0v) is 15.9. The lowest BCUT2D eigenvalue weighted by Crippen LogP contribution is -2.27. The highest BCUT2D eigenvalue weighted by Crippen LogP contribution is 2.18. The van der Waals surface area contributed by atoms with Crippen LogP contribution in [0.2, 0.25) is 0 Å². The maximum Gasteiger partial charge on any atom is 0.262 e. The fraction of sp³-hybridized carbons (Fsp3) is 0.250. The second kappa shape index (κ2) is 9.34. The highest BCUT2D eigenvalue weighted by atomic mass is 32.2. The third-order valence-corrected chi connectivity index (χ3v) is 4.85. The first-order valence-corrected chi connectivity index (χ1v) is 9.74. The summed E-state index contributed by atoms with van der Waals surface area (Å²) >= 11 is 1.23. The fourth-order valence-electron chi connectivity index (χ4n) is 2.61. The van der Waals surface area contributed by atoms with E-state index in [0.29, 0.717) is 29.2 Å². The number of carbonyl (C=O) groups is 1. The second-order valence-corrected chi connectivity index (χ2v) is 6.90. The highest BCUT2D eigenvalue weighted by Gasteiger charge is 2.12. The van der Waals surface area contributed by atoms with E-state index in [1.807, 2.05) is 49.4 Å². The van der Waals surface area contributed by atoms with Gasteiger partial charge >= 0.3 is 0 Å². The van der Waals surface area contributed by atoms with Gasteiger partial charge in [-0.1, -0.05) is 61.2 Å². The Morgan fingerprint density at radius 2 is 1.89 bits per heavy atom. The lowest BCUT2D eigenvalue weighted by atomic mass is 10.2. The summed E-state index contributed by atoms with van der Waals surface area (Å²) in [5.41, 5.74) is 3.96. The third-order valence-electron chi connectivity index (χ3n) is 3.87. The van der Waals surface area contributed by atoms with E-state index in [9.17, 15) is 9.59 Å². The summed E-state index contributed by atoms with van der Waals surface area (Å²) in [4.78, 5) is 34.5. The van der Waals surface area contributed by atoms with Gasteiger partial charge in [-0.05, 0) is 24.1 Å². The van der Waals surface area contributed by atoms with Crippen molar-refractivity contribution in [2.45, 2.75) is 31.7 Å². The summed E-state index contributed by atoms with van der Waals surface area (Å²) in [6.45, 7) is 2.86. The van der Waals surface area contributed by atoms with E-state index in [4.69, 9.17) is 4.84 Å². The van der Waals surface area contributed by atoms with E-state index in [1.165, 1.54) is 11.8 Å². The molecule has 140 valence electrons. The number of aromatic nitrogens is 2. The number of nitrogens with one attached hydrogen (secondary N) is 1. The number of amides is 1. The number of fused-ring (bicyclic) bond motifs is 1. The minimum absolute atomic E-state index is 0.0781. The smallest absolute Gasteiger partial charge is 0.262 e. The van der Waals surface area contributed by atoms with E-state index in [-0.39, 0.29) is 17.2 Å². The molecule has 0 saturated heterocycles. The first-order chi connectivity index (χ1) is 13.2. The summed E-state index contributed by atoms with van der Waals surface area (Å²) in [7, 11) is 0. The van der Waals surface area contributed by atoms with Crippen molar-refractivity contribution in [3.63, 3.8) is 0 Å². The van der Waals surface area contributed by atoms with Gasteiger partial charge in [0.1, 0.15) is 0 Å². The molecule has 0 fully saturated rings. The molecule has 0 bridgehead atoms. The Hall–Kier alpha value is -2.64. The normalized spacial score (nSPS) is 10.9. The number of hydrogen-bond acceptors (Lipinski definition) is 5. The maximum atomic E-state index is 12.7. The van der Waals surface area contributed by atoms with Crippen molar-refractivity contribution in [3.8, 4) is 0 Å². The van der Waals surface area contributed by atoms with Crippen LogP contribution in [0.5, 0.6) is 0 Å². The first-order valence-electron chi connectivity index (χ1n) is 8.76. The van der Waals surface area contributed by atoms with Crippen LogP contribution < -0.4 is 11.0 Å². The highest BCUT2D eigenvalue weighted by molar-refractivity contribution is 7.99. The van der Waals surface area contributed by atoms with Crippen molar-refractivity contribution in [3.05, 3.63) is 70.5 Å². The molecule has 1 aromatic heterocycles. The number of carbonyl (C=O) groups excluding carboxylic acids is 1. The van der Waals surface area contributed by atoms with Crippen LogP contribution in [-0.4, -0.2) is 21.2 Å². The molecule has 0 aliphatic rings. The minimum Gasteiger partial charge on any atom is -0.287 e. The van der Waals surface area contributed by atoms with Crippen molar-refractivity contribution in [1.29, 1.82) is 0 Å². The summed E-state index contributed by atoms with van der Waals surface area (Å²) in [5, 5.41) is 1.13. The van der Waals surface area contributed by atoms with E-state index in [2.05, 4.69) is 10.5 Å². The molecule has 7 heteroatoms. The molecule has 0 aliphatic carbocycles. The summed E-state index contributed by atoms with van der Waals surface area (Å²) in [6.07, 6.45) is 0.805. The molecule has 1 N–H and O–H groups in total. The number of benzene rings is 2. The number of rotatable bonds is 8. The van der Waals surface area contributed by atoms with Crippen LogP contribution in [0.3, 0.4) is 0 Å². The maximum absolute atomic E-state index is 12.7. The van der Waals surface area contributed by atoms with Crippen LogP contribution in [0.25, 0.3) is 10.9 Å². The lowest BCUT2D eigenvalue weighted by Gasteiger charge is -2.12. The zero-order valence-electron chi connectivity index (χ0n) is 15.1. The molecule has 0 aliphatic heterocycles. The average Bonchev–Trinajstić information content (AvgIpc) is 2.70. The van der Waals surface area contributed by atoms with Crippen molar-refractivity contribution in [1.82, 2.24) is 15.0 Å². The Morgan fingerprint density at radius 1 is 1.15 bits per heavy atom. The number of nitrogens with zero attached hydrogens (tertiary/aromatic N) is 2. The number of para-hydroxylation sites is 1. The molecule has 0 spiro atoms. The Balaban J connectivity index is 1.64. The molecule has 27 heavy (non-hydrogen) atoms. The second-order valence-electron chi connectivity index (χ2n) is 5.96. The van der Waals surface area contributed by atoms with Crippen LogP contribution >= 0.6 is 11.8 Å². The van der Waals surface area contributed by atoms with Crippen LogP contribution in [0.15, 0.2) is 64.5 Å². The molecule has 1 heterocycles. The monoisotopic (exact) mass is 383 g/mol. The molecule has 2 aromatic carbocycles. The van der Waals surface area contributed by atoms with E-state index in [1.54, 1.807) is 16.7 Å². The standard InChI is InChI=1S/C20H21N3O3S/c1-2-12-23-19(25)16-10-6-7-11-17(16)21-20(23)27-14-18(24)22-26-13-15-8-4-3-5-9-15/h3-11H,2,12-14H2,1H3,(H,22,24). The molecule has 1 amide bonds. The predicted molar refractivity (Wildman–Crippen MR) is 106 cm³/mol. The van der Waals surface area contributed by atoms with Gasteiger partial charge in [0, 0.05) is 6.54 Å². The lowest BCUT2D eigenvalue weighted by molar-refractivity contribution is -0.131. The molecular weight excluding hydrogens is 362 g/mol. The zero-order chi connectivity index (χ0) is 19.1. The topological polar surface area (TPSA) is 73.2 Å². The van der Waals surface area contributed by atoms with Gasteiger partial charge in [-0.25, -0.2) is 10.5 Å². The van der Waals surface area contributed by atoms with Crippen molar-refractivity contribution in [2.24, 2.45) is 0 Å². The van der Waals surface area contributed by atoms with Gasteiger partial charge < -0.3 is 0 Å². The Morgan fingerprint density at radius 3 is 2.67 bits per heavy atom. The van der Waals surface area contributed by atoms with Gasteiger partial charge in [0.05, 0.1) is 23.3 Å². The molecular formula is C20H21N3O3S. The van der Waals surface area contributed by atoms with Gasteiger partial charge in [-0.3, -0.25) is 19.0 Å². The molecule has 3 aromatic rings. The van der Waals surface area contributed by atoms with Crippen LogP contribution in [0.4, 0.5) is 0 Å². The van der Waals surface area contributed by atoms with Crippen LogP contribution in [0, 0.1) is 0 Å². The van der Waals surface area contributed by atoms with Gasteiger partial charge in [0.15, 0.2) is 5.16 Å². The van der Waals surface area contributed by atoms with Crippen molar-refractivity contribution in [2.75, 3.05) is 5.75 Å². The number of hydrogen-bond donors (Lipinski definition) is 1. The Bertz CT molecular complexity index is 973. The third kappa shape index (κ3) is 4.96. The molecule has 6 nitrogen and oxygen atoms in total. The van der Waals surface area contributed by atoms with E-state index >= 15 is 0 Å². The molecule has 0 saturated carbocycles. The summed E-state index contributed by atoms with van der Waals surface area (Å²) < 4.78 is 1.63. The number of thioether (sulfide) groups is 1. The van der Waals surface area contributed by atoms with Crippen molar-refractivity contribution < 1.29 is 9.63 Å². The van der Waals surface area contributed by atoms with E-state index < -0.39 is 0 Å². The predicted octanol–water partition coefficient (Wildman–Crippen LogP) is 3.15. The summed E-state index contributed by atoms with van der Waals surface area (Å²) in [6, 6.07) is 16.8. The molecule has 0 radical (unpaired) electrons. The number of hydroxylamine groups is 1. The van der Waals surface area contributed by atoms with Crippen LogP contribution in [-0.2, 0) is 22.8 Å². The quantitative estimate of drug-likeness (QED) is 0.367. The van der Waals surface area contributed by atoms with Crippen LogP contribution in [0.1, 0.15) is 18.9 Å². The Kier molecular flexibility index (Phi) is 6.62. The van der Waals surface area contributed by atoms with E-state index in [0.717, 1.165) is 12.0 Å². The van der Waals surface area contributed by atoms with Crippen molar-refractivity contribution >= 4 is 28.6 Å². The largest absolute Gasteiger partial charge is 0.287 e. The van der Waals surface area contributed by atoms with Gasteiger partial charge in [-0.2, -0.15) is 0 Å². The first kappa shape index (κ1) is 19.1. The molecule has 0 atom stereocenters. The molecule has 3 rings (SSSR count). The van der Waals surface area contributed by atoms with Gasteiger partial charge in [0.2, 0.25) is 0 Å².